The van der Waals surface area contributed by atoms with E-state index < -0.39 is 17.6 Å². The number of carbonyl (C=O) groups excluding carboxylic acids is 1. The fraction of sp³-hybridized carbons (Fsp3) is 0.250. The Bertz CT molecular complexity index is 467. The van der Waals surface area contributed by atoms with Crippen LogP contribution in [0.25, 0.3) is 5.70 Å². The molecule has 18 heavy (non-hydrogen) atoms. The Morgan fingerprint density at radius 2 is 2.11 bits per heavy atom. The van der Waals surface area contributed by atoms with Crippen LogP contribution < -0.4 is 5.32 Å². The Kier molecular flexibility index (Phi) is 4.36. The highest BCUT2D eigenvalue weighted by molar-refractivity contribution is 5.86. The van der Waals surface area contributed by atoms with Crippen molar-refractivity contribution in [3.63, 3.8) is 0 Å². The quantitative estimate of drug-likeness (QED) is 0.819. The van der Waals surface area contributed by atoms with Gasteiger partial charge in [0.1, 0.15) is 6.26 Å². The van der Waals surface area contributed by atoms with Gasteiger partial charge < -0.3 is 10.4 Å². The van der Waals surface area contributed by atoms with Crippen LogP contribution in [0.4, 0.5) is 13.2 Å². The topological polar surface area (TPSA) is 49.3 Å². The lowest BCUT2D eigenvalue weighted by Crippen LogP contribution is -2.21. The summed E-state index contributed by atoms with van der Waals surface area (Å²) in [5.74, 6) is -0.396. The lowest BCUT2D eigenvalue weighted by atomic mass is 10.1. The van der Waals surface area contributed by atoms with E-state index in [4.69, 9.17) is 5.11 Å². The molecule has 6 heteroatoms. The lowest BCUT2D eigenvalue weighted by Gasteiger charge is -2.11. The summed E-state index contributed by atoms with van der Waals surface area (Å²) in [6, 6.07) is 4.35. The van der Waals surface area contributed by atoms with Crippen molar-refractivity contribution in [3.8, 4) is 0 Å². The predicted octanol–water partition coefficient (Wildman–Crippen LogP) is 3.09. The lowest BCUT2D eigenvalue weighted by molar-refractivity contribution is -0.137. The first-order chi connectivity index (χ1) is 8.38. The molecule has 1 rings (SSSR count). The first-order valence-electron chi connectivity index (χ1n) is 5.20. The van der Waals surface area contributed by atoms with Gasteiger partial charge in [-0.05, 0) is 12.1 Å². The third-order valence-electron chi connectivity index (χ3n) is 2.23. The highest BCUT2D eigenvalue weighted by atomic mass is 19.4. The third kappa shape index (κ3) is 3.51. The van der Waals surface area contributed by atoms with Crippen molar-refractivity contribution in [2.24, 2.45) is 0 Å². The van der Waals surface area contributed by atoms with Crippen molar-refractivity contribution in [3.05, 3.63) is 41.7 Å². The second kappa shape index (κ2) is 5.57. The monoisotopic (exact) mass is 259 g/mol. The van der Waals surface area contributed by atoms with E-state index in [1.54, 1.807) is 6.92 Å². The maximum absolute atomic E-state index is 12.5. The average molecular weight is 259 g/mol. The molecule has 0 bridgehead atoms. The van der Waals surface area contributed by atoms with Crippen LogP contribution in [0.15, 0.2) is 30.5 Å². The van der Waals surface area contributed by atoms with Gasteiger partial charge in [-0.2, -0.15) is 13.2 Å². The fourth-order valence-corrected chi connectivity index (χ4v) is 1.28. The Morgan fingerprint density at radius 1 is 1.44 bits per heavy atom. The van der Waals surface area contributed by atoms with Gasteiger partial charge in [-0.15, -0.1) is 0 Å². The Morgan fingerprint density at radius 3 is 2.61 bits per heavy atom. The second-order valence-electron chi connectivity index (χ2n) is 3.52. The number of carbonyl (C=O) groups is 1. The van der Waals surface area contributed by atoms with Gasteiger partial charge in [-0.1, -0.05) is 19.1 Å². The van der Waals surface area contributed by atoms with Crippen LogP contribution in [0, 0.1) is 0 Å². The summed E-state index contributed by atoms with van der Waals surface area (Å²) in [4.78, 5) is 11.2. The summed E-state index contributed by atoms with van der Waals surface area (Å²) < 4.78 is 37.5. The molecule has 1 aromatic rings. The molecule has 0 aliphatic heterocycles. The summed E-state index contributed by atoms with van der Waals surface area (Å²) in [6.07, 6.45) is -3.73. The molecule has 0 heterocycles. The van der Waals surface area contributed by atoms with Gasteiger partial charge in [0.2, 0.25) is 5.91 Å². The summed E-state index contributed by atoms with van der Waals surface area (Å²) >= 11 is 0. The normalized spacial score (nSPS) is 12.3. The number of amides is 1. The average Bonchev–Trinajstić information content (AvgIpc) is 2.34. The highest BCUT2D eigenvalue weighted by Crippen LogP contribution is 2.30. The molecule has 0 unspecified atom stereocenters. The number of alkyl halides is 3. The number of hydrogen-bond acceptors (Lipinski definition) is 2. The van der Waals surface area contributed by atoms with E-state index in [2.05, 4.69) is 5.32 Å². The van der Waals surface area contributed by atoms with Crippen LogP contribution in [0.3, 0.4) is 0 Å². The van der Waals surface area contributed by atoms with Gasteiger partial charge >= 0.3 is 6.18 Å². The van der Waals surface area contributed by atoms with Gasteiger partial charge in [-0.25, -0.2) is 0 Å². The standard InChI is InChI=1S/C12H12F3NO2/c1-2-11(18)16-10(7-17)8-4-3-5-9(6-8)12(13,14)15/h3-7,17H,2H2,1H3,(H,16,18)/b10-7+. The molecule has 3 nitrogen and oxygen atoms in total. The van der Waals surface area contributed by atoms with Crippen molar-refractivity contribution in [2.45, 2.75) is 19.5 Å². The van der Waals surface area contributed by atoms with E-state index >= 15 is 0 Å². The summed E-state index contributed by atoms with van der Waals surface area (Å²) in [6.45, 7) is 1.59. The SMILES string of the molecule is CCC(=O)N/C(=C/O)c1cccc(C(F)(F)F)c1. The van der Waals surface area contributed by atoms with Crippen molar-refractivity contribution < 1.29 is 23.1 Å². The summed E-state index contributed by atoms with van der Waals surface area (Å²) in [5, 5.41) is 11.3. The predicted molar refractivity (Wildman–Crippen MR) is 60.5 cm³/mol. The number of nitrogens with one attached hydrogen (secondary N) is 1. The molecular formula is C12H12F3NO2. The van der Waals surface area contributed by atoms with Crippen LogP contribution in [0.1, 0.15) is 24.5 Å². The van der Waals surface area contributed by atoms with E-state index in [1.165, 1.54) is 12.1 Å². The first-order valence-corrected chi connectivity index (χ1v) is 5.20. The Labute approximate surface area is 102 Å². The number of benzene rings is 1. The van der Waals surface area contributed by atoms with Crippen molar-refractivity contribution >= 4 is 11.6 Å². The third-order valence-corrected chi connectivity index (χ3v) is 2.23. The maximum Gasteiger partial charge on any atom is 0.416 e. The van der Waals surface area contributed by atoms with E-state index in [-0.39, 0.29) is 17.7 Å². The van der Waals surface area contributed by atoms with Crippen molar-refractivity contribution in [1.29, 1.82) is 0 Å². The molecule has 0 aliphatic carbocycles. The molecule has 0 saturated heterocycles. The minimum absolute atomic E-state index is 0.0621. The zero-order valence-corrected chi connectivity index (χ0v) is 9.58. The first kappa shape index (κ1) is 14.1. The van der Waals surface area contributed by atoms with Gasteiger partial charge in [0.05, 0.1) is 11.3 Å². The van der Waals surface area contributed by atoms with E-state index in [9.17, 15) is 18.0 Å². The van der Waals surface area contributed by atoms with E-state index in [1.807, 2.05) is 0 Å². The van der Waals surface area contributed by atoms with Crippen LogP contribution in [0.5, 0.6) is 0 Å². The van der Waals surface area contributed by atoms with Crippen molar-refractivity contribution in [1.82, 2.24) is 5.32 Å². The van der Waals surface area contributed by atoms with Gasteiger partial charge in [0.25, 0.3) is 0 Å². The van der Waals surface area contributed by atoms with Crippen LogP contribution in [-0.4, -0.2) is 11.0 Å². The number of aliphatic hydroxyl groups is 1. The molecule has 1 amide bonds. The van der Waals surface area contributed by atoms with Crippen molar-refractivity contribution in [2.75, 3.05) is 0 Å². The second-order valence-corrected chi connectivity index (χ2v) is 3.52. The van der Waals surface area contributed by atoms with Crippen LogP contribution >= 0.6 is 0 Å². The van der Waals surface area contributed by atoms with E-state index in [0.29, 0.717) is 6.26 Å². The molecule has 0 aromatic heterocycles. The minimum atomic E-state index is -4.47. The van der Waals surface area contributed by atoms with Gasteiger partial charge in [0, 0.05) is 12.0 Å². The fourth-order valence-electron chi connectivity index (χ4n) is 1.28. The molecule has 98 valence electrons. The molecule has 0 atom stereocenters. The minimum Gasteiger partial charge on any atom is -0.513 e. The van der Waals surface area contributed by atoms with Crippen LogP contribution in [-0.2, 0) is 11.0 Å². The number of halogens is 3. The van der Waals surface area contributed by atoms with Gasteiger partial charge in [-0.3, -0.25) is 4.79 Å². The number of aliphatic hydroxyl groups excluding tert-OH is 1. The Hall–Kier alpha value is -1.98. The number of rotatable bonds is 3. The molecular weight excluding hydrogens is 247 g/mol. The van der Waals surface area contributed by atoms with Crippen LogP contribution in [0.2, 0.25) is 0 Å². The zero-order chi connectivity index (χ0) is 13.8. The largest absolute Gasteiger partial charge is 0.513 e. The molecule has 1 aromatic carbocycles. The smallest absolute Gasteiger partial charge is 0.416 e. The highest BCUT2D eigenvalue weighted by Gasteiger charge is 2.30. The Balaban J connectivity index is 3.05. The molecule has 2 N–H and O–H groups in total. The maximum atomic E-state index is 12.5. The summed E-state index contributed by atoms with van der Waals surface area (Å²) in [7, 11) is 0. The molecule has 0 spiro atoms. The molecule has 0 saturated carbocycles. The molecule has 0 fully saturated rings. The molecule has 0 radical (unpaired) electrons. The molecule has 0 aliphatic rings. The summed E-state index contributed by atoms with van der Waals surface area (Å²) in [5.41, 5.74) is -0.813. The zero-order valence-electron chi connectivity index (χ0n) is 9.58. The van der Waals surface area contributed by atoms with Gasteiger partial charge in [0.15, 0.2) is 0 Å². The van der Waals surface area contributed by atoms with E-state index in [0.717, 1.165) is 12.1 Å². The number of hydrogen-bond donors (Lipinski definition) is 2.